The normalized spacial score (nSPS) is 21.1. The first-order chi connectivity index (χ1) is 7.58. The van der Waals surface area contributed by atoms with E-state index >= 15 is 0 Å². The van der Waals surface area contributed by atoms with Crippen LogP contribution in [-0.2, 0) is 22.9 Å². The fourth-order valence-corrected chi connectivity index (χ4v) is 9.22. The van der Waals surface area contributed by atoms with E-state index in [-0.39, 0.29) is 24.8 Å². The third-order valence-electron chi connectivity index (χ3n) is 4.60. The van der Waals surface area contributed by atoms with E-state index in [9.17, 15) is 0 Å². The van der Waals surface area contributed by atoms with Gasteiger partial charge in [-0.2, -0.15) is 0 Å². The predicted octanol–water partition coefficient (Wildman–Crippen LogP) is -1.53. The maximum Gasteiger partial charge on any atom is -1.00 e. The Morgan fingerprint density at radius 3 is 1.39 bits per heavy atom. The fraction of sp³-hybridized carbons (Fsp3) is 0.467. The molecule has 2 aliphatic carbocycles. The van der Waals surface area contributed by atoms with Gasteiger partial charge >= 0.3 is 110 Å². The molecule has 0 amide bonds. The Morgan fingerprint density at radius 1 is 0.611 bits per heavy atom. The van der Waals surface area contributed by atoms with Crippen LogP contribution in [0.25, 0.3) is 0 Å². The van der Waals surface area contributed by atoms with E-state index in [0.29, 0.717) is 0 Å². The van der Waals surface area contributed by atoms with E-state index < -0.39 is 22.9 Å². The Hall–Kier alpha value is 0.410. The van der Waals surface area contributed by atoms with E-state index in [1.165, 1.54) is 19.3 Å². The monoisotopic (exact) mass is 448 g/mol. The molecule has 3 rings (SSSR count). The molecule has 18 heavy (non-hydrogen) atoms. The van der Waals surface area contributed by atoms with Gasteiger partial charge in [0.25, 0.3) is 0 Å². The summed E-state index contributed by atoms with van der Waals surface area (Å²) in [4.78, 5) is 0. The molecular formula is C15H18Cl2Hf. The third kappa shape index (κ3) is 2.39. The van der Waals surface area contributed by atoms with Crippen molar-refractivity contribution in [2.24, 2.45) is 0 Å². The van der Waals surface area contributed by atoms with Crippen LogP contribution < -0.4 is 24.8 Å². The molecule has 96 valence electrons. The number of fused-ring (bicyclic) bond motifs is 4. The van der Waals surface area contributed by atoms with Crippen LogP contribution in [0.1, 0.15) is 47.0 Å². The number of rotatable bonds is 0. The summed E-state index contributed by atoms with van der Waals surface area (Å²) >= 11 is -0.662. The summed E-state index contributed by atoms with van der Waals surface area (Å²) in [6.07, 6.45) is 3.95. The van der Waals surface area contributed by atoms with E-state index in [4.69, 9.17) is 0 Å². The predicted molar refractivity (Wildman–Crippen MR) is 64.7 cm³/mol. The summed E-state index contributed by atoms with van der Waals surface area (Å²) in [6.45, 7) is 9.41. The summed E-state index contributed by atoms with van der Waals surface area (Å²) in [5, 5.41) is 0. The van der Waals surface area contributed by atoms with E-state index in [2.05, 4.69) is 27.7 Å². The maximum absolute atomic E-state index is 2.36. The van der Waals surface area contributed by atoms with E-state index in [1.54, 1.807) is 33.4 Å². The number of allylic oxidation sites excluding steroid dienone is 8. The molecule has 1 saturated heterocycles. The zero-order chi connectivity index (χ0) is 11.4. The Balaban J connectivity index is 0.000000810. The molecule has 0 atom stereocenters. The first-order valence-corrected chi connectivity index (χ1v) is 9.71. The number of hydrogen-bond donors (Lipinski definition) is 0. The van der Waals surface area contributed by atoms with Crippen molar-refractivity contribution in [3.8, 4) is 0 Å². The van der Waals surface area contributed by atoms with Gasteiger partial charge in [-0.05, 0) is 0 Å². The Labute approximate surface area is 134 Å². The van der Waals surface area contributed by atoms with Crippen molar-refractivity contribution in [1.82, 2.24) is 0 Å². The Morgan fingerprint density at radius 2 is 1.00 bits per heavy atom. The summed E-state index contributed by atoms with van der Waals surface area (Å²) in [6, 6.07) is 0. The van der Waals surface area contributed by atoms with Crippen molar-refractivity contribution in [1.29, 1.82) is 0 Å². The molecule has 3 heteroatoms. The van der Waals surface area contributed by atoms with Crippen LogP contribution in [-0.4, -0.2) is 0 Å². The third-order valence-corrected chi connectivity index (χ3v) is 10.7. The smallest absolute Gasteiger partial charge is 1.00 e. The number of halogens is 2. The van der Waals surface area contributed by atoms with Gasteiger partial charge in [0, 0.05) is 0 Å². The van der Waals surface area contributed by atoms with Crippen molar-refractivity contribution in [3.05, 3.63) is 40.1 Å². The molecule has 0 N–H and O–H groups in total. The second-order valence-electron chi connectivity index (χ2n) is 5.32. The van der Waals surface area contributed by atoms with E-state index in [1.807, 2.05) is 6.66 Å². The molecule has 3 aliphatic rings. The molecule has 0 aromatic rings. The zero-order valence-electron chi connectivity index (χ0n) is 11.4. The van der Waals surface area contributed by atoms with Crippen LogP contribution in [0.4, 0.5) is 0 Å². The average molecular weight is 448 g/mol. The summed E-state index contributed by atoms with van der Waals surface area (Å²) in [7, 11) is 0. The quantitative estimate of drug-likeness (QED) is 0.396. The minimum absolute atomic E-state index is 0. The molecule has 0 spiro atoms. The van der Waals surface area contributed by atoms with Crippen molar-refractivity contribution in [2.75, 3.05) is 0 Å². The molecule has 0 nitrogen and oxygen atoms in total. The molecule has 0 aromatic heterocycles. The van der Waals surface area contributed by atoms with Gasteiger partial charge in [-0.3, -0.25) is 0 Å². The first-order valence-electron chi connectivity index (χ1n) is 6.12. The molecule has 0 unspecified atom stereocenters. The maximum atomic E-state index is 2.36. The standard InChI is InChI=1S/C15H18.2ClH.Hf/c1-10-5-7-14(12(10)3)9-15-8-6-11(2)13(15)4;;;/h7-9H2,1-4H3;2*1H;/q;;;+2/p-2. The van der Waals surface area contributed by atoms with Gasteiger partial charge in [-0.15, -0.1) is 0 Å². The molecular weight excluding hydrogens is 430 g/mol. The van der Waals surface area contributed by atoms with Crippen molar-refractivity contribution >= 4 is 0 Å². The molecule has 1 fully saturated rings. The summed E-state index contributed by atoms with van der Waals surface area (Å²) in [5.41, 5.74) is 10.1. The largest absolute Gasteiger partial charge is 1.00 e. The fourth-order valence-electron chi connectivity index (χ4n) is 3.05. The molecule has 0 radical (unpaired) electrons. The average Bonchev–Trinajstić information content (AvgIpc) is 2.65. The van der Waals surface area contributed by atoms with Crippen molar-refractivity contribution in [3.63, 3.8) is 0 Å². The first kappa shape index (κ1) is 16.5. The van der Waals surface area contributed by atoms with Gasteiger partial charge in [-0.1, -0.05) is 0 Å². The van der Waals surface area contributed by atoms with Gasteiger partial charge in [0.2, 0.25) is 0 Å². The van der Waals surface area contributed by atoms with Crippen LogP contribution in [0.3, 0.4) is 0 Å². The van der Waals surface area contributed by atoms with Crippen LogP contribution in [0.5, 0.6) is 0 Å². The van der Waals surface area contributed by atoms with Gasteiger partial charge in [0.15, 0.2) is 0 Å². The van der Waals surface area contributed by atoms with E-state index in [0.717, 1.165) is 0 Å². The molecule has 0 aromatic carbocycles. The van der Waals surface area contributed by atoms with Gasteiger partial charge in [0.05, 0.1) is 0 Å². The topological polar surface area (TPSA) is 0 Å². The second-order valence-corrected chi connectivity index (χ2v) is 10.6. The minimum atomic E-state index is -0.662. The van der Waals surface area contributed by atoms with Crippen LogP contribution >= 0.6 is 0 Å². The molecule has 1 heterocycles. The molecule has 1 aliphatic heterocycles. The molecule has 4 bridgehead atoms. The van der Waals surface area contributed by atoms with Gasteiger partial charge in [0.1, 0.15) is 0 Å². The van der Waals surface area contributed by atoms with Crippen LogP contribution in [0.15, 0.2) is 40.1 Å². The summed E-state index contributed by atoms with van der Waals surface area (Å²) in [5.74, 6) is 0. The zero-order valence-corrected chi connectivity index (χ0v) is 16.5. The van der Waals surface area contributed by atoms with Crippen LogP contribution in [0, 0.1) is 0 Å². The Kier molecular flexibility index (Phi) is 5.31. The second kappa shape index (κ2) is 5.81. The Bertz CT molecular complexity index is 427. The van der Waals surface area contributed by atoms with Crippen molar-refractivity contribution < 1.29 is 47.7 Å². The van der Waals surface area contributed by atoms with Gasteiger partial charge in [-0.25, -0.2) is 0 Å². The summed E-state index contributed by atoms with van der Waals surface area (Å²) < 4.78 is 3.77. The minimum Gasteiger partial charge on any atom is -1.00 e. The van der Waals surface area contributed by atoms with Crippen molar-refractivity contribution in [2.45, 2.75) is 47.0 Å². The molecule has 0 saturated carbocycles. The van der Waals surface area contributed by atoms with Gasteiger partial charge < -0.3 is 24.8 Å². The SMILES string of the molecule is CC1=C2CC3=C(C)C(C)=[C](C3)[Hf+2][C](=C1C)C2.[Cl-].[Cl-]. The van der Waals surface area contributed by atoms with Crippen LogP contribution in [0.2, 0.25) is 0 Å². The number of hydrogen-bond acceptors (Lipinski definition) is 0.